The summed E-state index contributed by atoms with van der Waals surface area (Å²) in [6.45, 7) is 0.291. The number of rotatable bonds is 7. The number of amides is 2. The number of fused-ring (bicyclic) bond motifs is 3. The number of ketones is 1. The van der Waals surface area contributed by atoms with E-state index in [-0.39, 0.29) is 35.9 Å². The Morgan fingerprint density at radius 1 is 1.02 bits per heavy atom. The van der Waals surface area contributed by atoms with E-state index >= 15 is 0 Å². The summed E-state index contributed by atoms with van der Waals surface area (Å²) in [6, 6.07) is 24.4. The standard InChI is InChI=1S/C39H40BrN3O5S/c40-29-18-19-32-35(21-29)49-38(41-32)47-31-22-33-34(44)24-39(37(46)42-48-30-16-10-5-11-17-30)23-28(39)15-9-3-1-2-8-14-27(36(45)43(33)25-31)20-26-12-6-4-7-13-26/h4-7,9-13,15-19,21,27-28,31,33H,1-3,8,14,20,22-25H2,(H,42,46)/b15-9-/t27-,28-,31-,33+,39-/m1/s1. The van der Waals surface area contributed by atoms with Gasteiger partial charge in [-0.3, -0.25) is 14.4 Å². The van der Waals surface area contributed by atoms with Crippen LogP contribution in [0.15, 0.2) is 95.5 Å². The van der Waals surface area contributed by atoms with Crippen molar-refractivity contribution in [2.24, 2.45) is 17.3 Å². The SMILES string of the molecule is O=C1C[C@]2(C(=O)NOc3ccccc3)C[C@H]2/C=C\CCCCC[C@H](Cc2ccccc2)C(=O)N2C[C@H](Oc3nc4ccc(Br)cc4s3)C[C@@H]12. The molecule has 49 heavy (non-hydrogen) atoms. The summed E-state index contributed by atoms with van der Waals surface area (Å²) < 4.78 is 8.38. The minimum absolute atomic E-state index is 0.0195. The Morgan fingerprint density at radius 3 is 2.63 bits per heavy atom. The molecule has 0 spiro atoms. The highest BCUT2D eigenvalue weighted by molar-refractivity contribution is 9.10. The van der Waals surface area contributed by atoms with E-state index in [1.54, 1.807) is 17.0 Å². The van der Waals surface area contributed by atoms with Crippen molar-refractivity contribution in [3.05, 3.63) is 101 Å². The summed E-state index contributed by atoms with van der Waals surface area (Å²) in [5.74, 6) is -0.272. The molecule has 1 saturated carbocycles. The highest BCUT2D eigenvalue weighted by atomic mass is 79.9. The number of carbonyl (C=O) groups excluding carboxylic acids is 3. The van der Waals surface area contributed by atoms with E-state index in [0.717, 1.165) is 52.4 Å². The van der Waals surface area contributed by atoms with Crippen LogP contribution in [0, 0.1) is 17.3 Å². The zero-order valence-corrected chi connectivity index (χ0v) is 29.7. The average Bonchev–Trinajstić information content (AvgIpc) is 3.41. The summed E-state index contributed by atoms with van der Waals surface area (Å²) in [5.41, 5.74) is 3.65. The molecule has 2 amide bonds. The number of halogens is 1. The molecule has 3 aliphatic rings. The quantitative estimate of drug-likeness (QED) is 0.153. The third kappa shape index (κ3) is 7.75. The molecule has 2 fully saturated rings. The monoisotopic (exact) mass is 741 g/mol. The number of thiazole rings is 1. The van der Waals surface area contributed by atoms with E-state index in [2.05, 4.69) is 50.7 Å². The first-order valence-corrected chi connectivity index (χ1v) is 18.8. The maximum Gasteiger partial charge on any atom is 0.274 e. The van der Waals surface area contributed by atoms with Crippen LogP contribution in [0.2, 0.25) is 0 Å². The van der Waals surface area contributed by atoms with Gasteiger partial charge in [0, 0.05) is 23.2 Å². The summed E-state index contributed by atoms with van der Waals surface area (Å²) >= 11 is 4.98. The number of Topliss-reactive ketones (excluding diaryl/α,β-unsaturated/α-hetero) is 1. The molecule has 2 aliphatic heterocycles. The molecule has 3 aromatic carbocycles. The maximum atomic E-state index is 14.5. The molecule has 10 heteroatoms. The number of carbonyl (C=O) groups is 3. The first-order valence-electron chi connectivity index (χ1n) is 17.2. The number of nitrogens with one attached hydrogen (secondary N) is 1. The molecule has 5 atom stereocenters. The minimum atomic E-state index is -0.930. The van der Waals surface area contributed by atoms with Crippen molar-refractivity contribution in [2.75, 3.05) is 6.54 Å². The second-order valence-corrected chi connectivity index (χ2v) is 15.4. The van der Waals surface area contributed by atoms with Crippen LogP contribution >= 0.6 is 27.3 Å². The smallest absolute Gasteiger partial charge is 0.274 e. The normalized spacial score (nSPS) is 26.6. The zero-order chi connectivity index (χ0) is 33.8. The van der Waals surface area contributed by atoms with Gasteiger partial charge in [-0.15, -0.1) is 0 Å². The number of ether oxygens (including phenoxy) is 1. The molecule has 0 radical (unpaired) electrons. The van der Waals surface area contributed by atoms with E-state index in [1.807, 2.05) is 54.6 Å². The molecule has 254 valence electrons. The number of benzene rings is 3. The van der Waals surface area contributed by atoms with Crippen molar-refractivity contribution in [3.8, 4) is 10.9 Å². The highest BCUT2D eigenvalue weighted by Crippen LogP contribution is 2.57. The second kappa shape index (κ2) is 14.8. The Morgan fingerprint density at radius 2 is 1.82 bits per heavy atom. The van der Waals surface area contributed by atoms with Crippen LogP contribution in [0.1, 0.15) is 56.9 Å². The summed E-state index contributed by atoms with van der Waals surface area (Å²) in [7, 11) is 0. The fourth-order valence-corrected chi connectivity index (χ4v) is 8.73. The topological polar surface area (TPSA) is 97.8 Å². The molecule has 3 heterocycles. The molecular weight excluding hydrogens is 702 g/mol. The lowest BCUT2D eigenvalue weighted by atomic mass is 9.90. The maximum absolute atomic E-state index is 14.5. The number of aromatic nitrogens is 1. The lowest BCUT2D eigenvalue weighted by molar-refractivity contribution is -0.143. The van der Waals surface area contributed by atoms with Gasteiger partial charge in [-0.2, -0.15) is 5.48 Å². The fourth-order valence-electron chi connectivity index (χ4n) is 7.29. The van der Waals surface area contributed by atoms with Gasteiger partial charge in [-0.1, -0.05) is 101 Å². The number of allylic oxidation sites excluding steroid dienone is 2. The van der Waals surface area contributed by atoms with Crippen LogP contribution in [-0.4, -0.2) is 46.2 Å². The predicted octanol–water partition coefficient (Wildman–Crippen LogP) is 7.86. The molecule has 1 N–H and O–H groups in total. The van der Waals surface area contributed by atoms with Gasteiger partial charge in [-0.05, 0) is 73.9 Å². The van der Waals surface area contributed by atoms with Gasteiger partial charge in [0.2, 0.25) is 5.91 Å². The molecule has 4 aromatic rings. The molecular formula is C39H40BrN3O5S. The molecule has 7 rings (SSSR count). The van der Waals surface area contributed by atoms with Crippen LogP contribution in [0.4, 0.5) is 0 Å². The van der Waals surface area contributed by atoms with Crippen LogP contribution in [0.5, 0.6) is 10.9 Å². The Kier molecular flexibility index (Phi) is 10.1. The Bertz CT molecular complexity index is 1830. The third-order valence-electron chi connectivity index (χ3n) is 10.1. The number of para-hydroxylation sites is 1. The first-order chi connectivity index (χ1) is 23.9. The molecule has 8 nitrogen and oxygen atoms in total. The highest BCUT2D eigenvalue weighted by Gasteiger charge is 2.61. The minimum Gasteiger partial charge on any atom is -0.465 e. The van der Waals surface area contributed by atoms with Crippen molar-refractivity contribution in [2.45, 2.75) is 69.9 Å². The van der Waals surface area contributed by atoms with Gasteiger partial charge in [0.1, 0.15) is 6.10 Å². The van der Waals surface area contributed by atoms with E-state index in [9.17, 15) is 14.4 Å². The van der Waals surface area contributed by atoms with Gasteiger partial charge in [0.25, 0.3) is 11.1 Å². The molecule has 1 aliphatic carbocycles. The number of hydrogen-bond acceptors (Lipinski definition) is 7. The first kappa shape index (κ1) is 33.5. The van der Waals surface area contributed by atoms with E-state index in [4.69, 9.17) is 9.57 Å². The Hall–Kier alpha value is -4.02. The van der Waals surface area contributed by atoms with Gasteiger partial charge in [0.15, 0.2) is 11.5 Å². The fraction of sp³-hybridized carbons (Fsp3) is 0.385. The molecule has 1 aromatic heterocycles. The summed E-state index contributed by atoms with van der Waals surface area (Å²) in [4.78, 5) is 54.8. The lowest BCUT2D eigenvalue weighted by Crippen LogP contribution is -2.46. The van der Waals surface area contributed by atoms with Crippen molar-refractivity contribution in [1.82, 2.24) is 15.4 Å². The van der Waals surface area contributed by atoms with Crippen molar-refractivity contribution < 1.29 is 24.0 Å². The van der Waals surface area contributed by atoms with Crippen molar-refractivity contribution in [3.63, 3.8) is 0 Å². The number of hydroxylamine groups is 1. The van der Waals surface area contributed by atoms with E-state index in [0.29, 0.717) is 36.8 Å². The van der Waals surface area contributed by atoms with Crippen LogP contribution < -0.4 is 15.1 Å². The van der Waals surface area contributed by atoms with E-state index < -0.39 is 17.6 Å². The Labute approximate surface area is 299 Å². The van der Waals surface area contributed by atoms with Crippen LogP contribution in [0.25, 0.3) is 10.2 Å². The van der Waals surface area contributed by atoms with Gasteiger partial charge < -0.3 is 14.5 Å². The largest absolute Gasteiger partial charge is 0.465 e. The van der Waals surface area contributed by atoms with Crippen molar-refractivity contribution >= 4 is 55.1 Å². The van der Waals surface area contributed by atoms with Gasteiger partial charge in [-0.25, -0.2) is 4.98 Å². The van der Waals surface area contributed by atoms with Crippen molar-refractivity contribution in [1.29, 1.82) is 0 Å². The molecule has 1 saturated heterocycles. The van der Waals surface area contributed by atoms with Gasteiger partial charge in [0.05, 0.1) is 28.2 Å². The summed E-state index contributed by atoms with van der Waals surface area (Å²) in [6.07, 6.45) is 9.97. The molecule has 0 unspecified atom stereocenters. The molecule has 0 bridgehead atoms. The van der Waals surface area contributed by atoms with Crippen LogP contribution in [-0.2, 0) is 20.8 Å². The summed E-state index contributed by atoms with van der Waals surface area (Å²) in [5, 5.41) is 0.517. The second-order valence-electron chi connectivity index (χ2n) is 13.5. The average molecular weight is 743 g/mol. The number of nitrogens with zero attached hydrogens (tertiary/aromatic N) is 2. The third-order valence-corrected chi connectivity index (χ3v) is 11.5. The van der Waals surface area contributed by atoms with Crippen LogP contribution in [0.3, 0.4) is 0 Å². The van der Waals surface area contributed by atoms with Gasteiger partial charge >= 0.3 is 0 Å². The predicted molar refractivity (Wildman–Crippen MR) is 193 cm³/mol. The Balaban J connectivity index is 1.16. The number of hydrogen-bond donors (Lipinski definition) is 1. The zero-order valence-electron chi connectivity index (χ0n) is 27.3. The van der Waals surface area contributed by atoms with E-state index in [1.165, 1.54) is 11.3 Å². The lowest BCUT2D eigenvalue weighted by Gasteiger charge is -2.29.